The Morgan fingerprint density at radius 1 is 1.29 bits per heavy atom. The van der Waals surface area contributed by atoms with Crippen molar-refractivity contribution in [2.24, 2.45) is 0 Å². The van der Waals surface area contributed by atoms with Crippen LogP contribution in [0.4, 0.5) is 0 Å². The predicted octanol–water partition coefficient (Wildman–Crippen LogP) is 2.75. The molecule has 0 N–H and O–H groups in total. The van der Waals surface area contributed by atoms with E-state index in [-0.39, 0.29) is 11.9 Å². The topological polar surface area (TPSA) is 63.9 Å². The Morgan fingerprint density at radius 3 is 2.79 bits per heavy atom. The van der Waals surface area contributed by atoms with Gasteiger partial charge in [-0.3, -0.25) is 9.78 Å². The first-order chi connectivity index (χ1) is 11.6. The van der Waals surface area contributed by atoms with E-state index in [1.54, 1.807) is 18.7 Å². The highest BCUT2D eigenvalue weighted by Gasteiger charge is 2.18. The number of carbonyl (C=O) groups excluding carboxylic acids is 1. The number of carbonyl (C=O) groups is 1. The number of hydrogen-bond acceptors (Lipinski definition) is 4. The predicted molar refractivity (Wildman–Crippen MR) is 92.7 cm³/mol. The average molecular weight is 323 g/mol. The van der Waals surface area contributed by atoms with E-state index < -0.39 is 0 Å². The van der Waals surface area contributed by atoms with Gasteiger partial charge < -0.3 is 9.47 Å². The van der Waals surface area contributed by atoms with Crippen molar-refractivity contribution in [1.82, 2.24) is 24.4 Å². The van der Waals surface area contributed by atoms with Gasteiger partial charge in [-0.05, 0) is 38.5 Å². The summed E-state index contributed by atoms with van der Waals surface area (Å²) in [7, 11) is 0. The minimum absolute atomic E-state index is 0.0105. The van der Waals surface area contributed by atoms with E-state index in [9.17, 15) is 4.79 Å². The Morgan fingerprint density at radius 2 is 2.12 bits per heavy atom. The minimum Gasteiger partial charge on any atom is -0.336 e. The number of amides is 1. The zero-order chi connectivity index (χ0) is 17.1. The molecule has 0 saturated carbocycles. The van der Waals surface area contributed by atoms with Gasteiger partial charge in [-0.1, -0.05) is 6.07 Å². The van der Waals surface area contributed by atoms with Crippen molar-refractivity contribution in [1.29, 1.82) is 0 Å². The zero-order valence-corrected chi connectivity index (χ0v) is 14.2. The third-order valence-electron chi connectivity index (χ3n) is 4.00. The normalized spacial score (nSPS) is 11.2. The van der Waals surface area contributed by atoms with Crippen LogP contribution in [-0.2, 0) is 6.54 Å². The molecule has 0 unspecified atom stereocenters. The molecule has 0 aliphatic rings. The lowest BCUT2D eigenvalue weighted by atomic mass is 10.2. The Balaban J connectivity index is 1.89. The van der Waals surface area contributed by atoms with Crippen molar-refractivity contribution in [3.63, 3.8) is 0 Å². The van der Waals surface area contributed by atoms with E-state index in [0.717, 1.165) is 16.7 Å². The highest BCUT2D eigenvalue weighted by molar-refractivity contribution is 5.96. The van der Waals surface area contributed by atoms with Crippen LogP contribution in [-0.4, -0.2) is 42.9 Å². The molecule has 0 atom stereocenters. The quantitative estimate of drug-likeness (QED) is 0.724. The van der Waals surface area contributed by atoms with Crippen molar-refractivity contribution in [2.75, 3.05) is 6.54 Å². The van der Waals surface area contributed by atoms with Crippen molar-refractivity contribution < 1.29 is 4.79 Å². The monoisotopic (exact) mass is 323 g/mol. The van der Waals surface area contributed by atoms with Gasteiger partial charge in [0.05, 0.1) is 18.4 Å². The number of fused-ring (bicyclic) bond motifs is 1. The fourth-order valence-electron chi connectivity index (χ4n) is 2.78. The molecule has 0 aliphatic carbocycles. The van der Waals surface area contributed by atoms with Crippen LogP contribution in [0.15, 0.2) is 43.1 Å². The molecule has 0 aliphatic heterocycles. The molecule has 24 heavy (non-hydrogen) atoms. The summed E-state index contributed by atoms with van der Waals surface area (Å²) in [5.41, 5.74) is 3.15. The van der Waals surface area contributed by atoms with Crippen LogP contribution < -0.4 is 0 Å². The lowest BCUT2D eigenvalue weighted by Crippen LogP contribution is -2.36. The van der Waals surface area contributed by atoms with E-state index in [1.165, 1.54) is 0 Å². The summed E-state index contributed by atoms with van der Waals surface area (Å²) in [6.45, 7) is 7.32. The second-order valence-corrected chi connectivity index (χ2v) is 5.99. The van der Waals surface area contributed by atoms with Crippen molar-refractivity contribution in [3.8, 4) is 0 Å². The molecule has 3 aromatic heterocycles. The Bertz CT molecular complexity index is 841. The molecule has 3 aromatic rings. The molecule has 6 heteroatoms. The van der Waals surface area contributed by atoms with Crippen LogP contribution >= 0.6 is 0 Å². The average Bonchev–Trinajstić information content (AvgIpc) is 2.98. The number of pyridine rings is 2. The Hall–Kier alpha value is -2.76. The Kier molecular flexibility index (Phi) is 4.55. The minimum atomic E-state index is -0.0105. The van der Waals surface area contributed by atoms with Gasteiger partial charge in [-0.15, -0.1) is 0 Å². The van der Waals surface area contributed by atoms with Crippen molar-refractivity contribution >= 4 is 17.1 Å². The van der Waals surface area contributed by atoms with Gasteiger partial charge in [0.15, 0.2) is 5.65 Å². The largest absolute Gasteiger partial charge is 0.336 e. The van der Waals surface area contributed by atoms with Crippen molar-refractivity contribution in [3.05, 3.63) is 54.2 Å². The molecule has 0 spiro atoms. The van der Waals surface area contributed by atoms with Crippen LogP contribution in [0.5, 0.6) is 0 Å². The highest BCUT2D eigenvalue weighted by atomic mass is 16.2. The van der Waals surface area contributed by atoms with Crippen LogP contribution in [0.3, 0.4) is 0 Å². The SMILES string of the molecule is CCN(C(=O)c1cnc2c(c1)ncn2Cc1cccnc1)C(C)C. The lowest BCUT2D eigenvalue weighted by Gasteiger charge is -2.25. The van der Waals surface area contributed by atoms with Gasteiger partial charge in [-0.2, -0.15) is 0 Å². The van der Waals surface area contributed by atoms with E-state index >= 15 is 0 Å². The van der Waals surface area contributed by atoms with Crippen LogP contribution in [0.25, 0.3) is 11.2 Å². The number of hydrogen-bond donors (Lipinski definition) is 0. The standard InChI is InChI=1S/C18H21N5O/c1-4-23(13(2)3)18(24)15-8-16-17(20-10-15)22(12-21-16)11-14-6-5-7-19-9-14/h5-10,12-13H,4,11H2,1-3H3. The fourth-order valence-corrected chi connectivity index (χ4v) is 2.78. The molecular weight excluding hydrogens is 302 g/mol. The number of imidazole rings is 1. The fraction of sp³-hybridized carbons (Fsp3) is 0.333. The van der Waals surface area contributed by atoms with E-state index in [4.69, 9.17) is 0 Å². The summed E-state index contributed by atoms with van der Waals surface area (Å²) in [6, 6.07) is 5.89. The first kappa shape index (κ1) is 16.1. The molecule has 0 bridgehead atoms. The summed E-state index contributed by atoms with van der Waals surface area (Å²) in [4.78, 5) is 27.4. The second kappa shape index (κ2) is 6.78. The van der Waals surface area contributed by atoms with Gasteiger partial charge in [0.2, 0.25) is 0 Å². The Labute approximate surface area is 141 Å². The van der Waals surface area contributed by atoms with Crippen LogP contribution in [0, 0.1) is 0 Å². The first-order valence-electron chi connectivity index (χ1n) is 8.11. The summed E-state index contributed by atoms with van der Waals surface area (Å²) in [5.74, 6) is -0.0105. The van der Waals surface area contributed by atoms with Crippen LogP contribution in [0.1, 0.15) is 36.7 Å². The molecule has 0 fully saturated rings. The van der Waals surface area contributed by atoms with Gasteiger partial charge in [-0.25, -0.2) is 9.97 Å². The maximum Gasteiger partial charge on any atom is 0.255 e. The van der Waals surface area contributed by atoms with Gasteiger partial charge in [0.25, 0.3) is 5.91 Å². The smallest absolute Gasteiger partial charge is 0.255 e. The summed E-state index contributed by atoms with van der Waals surface area (Å²) < 4.78 is 1.96. The van der Waals surface area contributed by atoms with E-state index in [1.807, 2.05) is 54.6 Å². The maximum absolute atomic E-state index is 12.6. The van der Waals surface area contributed by atoms with Gasteiger partial charge in [0, 0.05) is 31.2 Å². The lowest BCUT2D eigenvalue weighted by molar-refractivity contribution is 0.0716. The second-order valence-electron chi connectivity index (χ2n) is 5.99. The molecule has 0 aromatic carbocycles. The van der Waals surface area contributed by atoms with Gasteiger partial charge >= 0.3 is 0 Å². The molecule has 1 amide bonds. The summed E-state index contributed by atoms with van der Waals surface area (Å²) in [6.07, 6.45) is 6.96. The highest BCUT2D eigenvalue weighted by Crippen LogP contribution is 2.16. The van der Waals surface area contributed by atoms with E-state index in [2.05, 4.69) is 15.0 Å². The molecule has 0 saturated heterocycles. The van der Waals surface area contributed by atoms with E-state index in [0.29, 0.717) is 18.7 Å². The molecule has 0 radical (unpaired) electrons. The number of rotatable bonds is 5. The molecule has 124 valence electrons. The van der Waals surface area contributed by atoms with Crippen molar-refractivity contribution in [2.45, 2.75) is 33.4 Å². The third-order valence-corrected chi connectivity index (χ3v) is 4.00. The van der Waals surface area contributed by atoms with Gasteiger partial charge in [0.1, 0.15) is 5.52 Å². The number of aromatic nitrogens is 4. The third kappa shape index (κ3) is 3.13. The maximum atomic E-state index is 12.6. The molecule has 3 rings (SSSR count). The number of nitrogens with zero attached hydrogens (tertiary/aromatic N) is 5. The van der Waals surface area contributed by atoms with Crippen LogP contribution in [0.2, 0.25) is 0 Å². The summed E-state index contributed by atoms with van der Waals surface area (Å²) >= 11 is 0. The molecular formula is C18H21N5O. The molecule has 3 heterocycles. The summed E-state index contributed by atoms with van der Waals surface area (Å²) in [5, 5.41) is 0. The molecule has 6 nitrogen and oxygen atoms in total. The first-order valence-corrected chi connectivity index (χ1v) is 8.11. The zero-order valence-electron chi connectivity index (χ0n) is 14.2.